The van der Waals surface area contributed by atoms with Crippen LogP contribution in [0.15, 0.2) is 0 Å². The molecule has 0 aliphatic carbocycles. The average Bonchev–Trinajstić information content (AvgIpc) is 2.54. The van der Waals surface area contributed by atoms with Gasteiger partial charge in [-0.1, -0.05) is 39.5 Å². The molecule has 0 unspecified atom stereocenters. The molecular formula is C14H30N4O2Ru. The Labute approximate surface area is 144 Å². The molecule has 0 aliphatic rings. The summed E-state index contributed by atoms with van der Waals surface area (Å²) in [5.41, 5.74) is 0. The van der Waals surface area contributed by atoms with E-state index in [0.717, 1.165) is 12.8 Å². The summed E-state index contributed by atoms with van der Waals surface area (Å²) in [6.45, 7) is 10.8. The molecule has 0 saturated heterocycles. The predicted molar refractivity (Wildman–Crippen MR) is 88.0 cm³/mol. The fraction of sp³-hybridized carbons (Fsp3) is 0.857. The second-order valence-electron chi connectivity index (χ2n) is 3.57. The van der Waals surface area contributed by atoms with E-state index in [1.54, 1.807) is 0 Å². The topological polar surface area (TPSA) is 90.5 Å². The second-order valence-corrected chi connectivity index (χ2v) is 3.57. The standard InChI is InChI=1S/2C6H14N2.2CHO.Ru/c2*1-4-5-6(7-2)8-3;2*1-2;/h2*6H,4-5H2,1-3H3;2*1H;/q2*-2;2*-1;+6. The molecule has 0 saturated carbocycles. The zero-order valence-corrected chi connectivity index (χ0v) is 15.8. The van der Waals surface area contributed by atoms with Crippen molar-refractivity contribution in [2.45, 2.75) is 51.9 Å². The van der Waals surface area contributed by atoms with Gasteiger partial charge in [0.15, 0.2) is 0 Å². The summed E-state index contributed by atoms with van der Waals surface area (Å²) in [4.78, 5) is 15.5. The SMILES string of the molecule is CCCC([N-]C)[N-]C.CCCC([N-]C)[N-]C.[CH-]=O.[CH-]=O.[Ru+6]. The van der Waals surface area contributed by atoms with E-state index in [9.17, 15) is 0 Å². The number of rotatable bonds is 8. The minimum Gasteiger partial charge on any atom is -0.681 e. The van der Waals surface area contributed by atoms with Crippen LogP contribution in [0.5, 0.6) is 0 Å². The molecule has 0 aromatic carbocycles. The van der Waals surface area contributed by atoms with Crippen molar-refractivity contribution in [1.29, 1.82) is 0 Å². The molecule has 0 aromatic rings. The second kappa shape index (κ2) is 36.7. The summed E-state index contributed by atoms with van der Waals surface area (Å²) < 4.78 is 0. The Morgan fingerprint density at radius 2 is 0.857 bits per heavy atom. The number of nitrogens with zero attached hydrogens (tertiary/aromatic N) is 4. The molecule has 21 heavy (non-hydrogen) atoms. The monoisotopic (exact) mass is 388 g/mol. The summed E-state index contributed by atoms with van der Waals surface area (Å²) in [5.74, 6) is 0. The molecule has 126 valence electrons. The maximum Gasteiger partial charge on any atom is 6.00 e. The van der Waals surface area contributed by atoms with Crippen LogP contribution >= 0.6 is 0 Å². The third-order valence-corrected chi connectivity index (χ3v) is 2.29. The molecule has 0 aromatic heterocycles. The van der Waals surface area contributed by atoms with Crippen molar-refractivity contribution in [3.05, 3.63) is 21.3 Å². The smallest absolute Gasteiger partial charge is 0.681 e. The molecule has 0 fully saturated rings. The van der Waals surface area contributed by atoms with E-state index < -0.39 is 0 Å². The van der Waals surface area contributed by atoms with Crippen molar-refractivity contribution in [2.24, 2.45) is 0 Å². The Morgan fingerprint density at radius 1 is 0.667 bits per heavy atom. The molecule has 0 spiro atoms. The third kappa shape index (κ3) is 32.9. The van der Waals surface area contributed by atoms with E-state index >= 15 is 0 Å². The first-order valence-electron chi connectivity index (χ1n) is 6.52. The Balaban J connectivity index is -0.0000000630. The summed E-state index contributed by atoms with van der Waals surface area (Å²) >= 11 is 0. The van der Waals surface area contributed by atoms with Gasteiger partial charge in [-0.2, -0.15) is 28.2 Å². The van der Waals surface area contributed by atoms with Crippen LogP contribution in [0.2, 0.25) is 0 Å². The molecule has 6 nitrogen and oxygen atoms in total. The molecule has 0 radical (unpaired) electrons. The van der Waals surface area contributed by atoms with Gasteiger partial charge in [0, 0.05) is 0 Å². The van der Waals surface area contributed by atoms with Crippen LogP contribution in [-0.4, -0.2) is 54.1 Å². The minimum absolute atomic E-state index is 0. The molecule has 0 heterocycles. The van der Waals surface area contributed by atoms with Crippen LogP contribution in [0, 0.1) is 0 Å². The van der Waals surface area contributed by atoms with Crippen molar-refractivity contribution in [1.82, 2.24) is 0 Å². The Kier molecular flexibility index (Phi) is 57.2. The van der Waals surface area contributed by atoms with E-state index in [0.29, 0.717) is 0 Å². The largest absolute Gasteiger partial charge is 6.00 e. The first kappa shape index (κ1) is 32.7. The van der Waals surface area contributed by atoms with Gasteiger partial charge in [-0.3, -0.25) is 13.6 Å². The van der Waals surface area contributed by atoms with Crippen LogP contribution in [0.4, 0.5) is 0 Å². The van der Waals surface area contributed by atoms with Gasteiger partial charge >= 0.3 is 19.5 Å². The minimum atomic E-state index is 0. The Bertz CT molecular complexity index is 133. The number of hydrogen-bond acceptors (Lipinski definition) is 2. The van der Waals surface area contributed by atoms with Crippen molar-refractivity contribution in [3.63, 3.8) is 0 Å². The molecule has 0 atom stereocenters. The van der Waals surface area contributed by atoms with Gasteiger partial charge in [0.05, 0.1) is 0 Å². The fourth-order valence-electron chi connectivity index (χ4n) is 1.26. The molecule has 0 bridgehead atoms. The van der Waals surface area contributed by atoms with Gasteiger partial charge in [0.25, 0.3) is 0 Å². The van der Waals surface area contributed by atoms with Gasteiger partial charge in [0.2, 0.25) is 0 Å². The predicted octanol–water partition coefficient (Wildman–Crippen LogP) is 3.69. The Hall–Kier alpha value is -0.197. The molecule has 0 rings (SSSR count). The number of hydrogen-bond donors (Lipinski definition) is 0. The maximum atomic E-state index is 7.75. The van der Waals surface area contributed by atoms with Crippen molar-refractivity contribution in [3.8, 4) is 0 Å². The molecule has 0 aliphatic heterocycles. The van der Waals surface area contributed by atoms with Crippen LogP contribution in [0.3, 0.4) is 0 Å². The fourth-order valence-corrected chi connectivity index (χ4v) is 1.26. The first-order chi connectivity index (χ1) is 9.69. The van der Waals surface area contributed by atoms with Crippen LogP contribution in [0.1, 0.15) is 39.5 Å². The normalized spacial score (nSPS) is 8.38. The van der Waals surface area contributed by atoms with Crippen molar-refractivity contribution >= 4 is 13.6 Å². The van der Waals surface area contributed by atoms with Crippen LogP contribution < -0.4 is 0 Å². The van der Waals surface area contributed by atoms with E-state index in [1.807, 2.05) is 28.2 Å². The van der Waals surface area contributed by atoms with Crippen molar-refractivity contribution in [2.75, 3.05) is 28.2 Å². The number of carbonyl (C=O) groups excluding carboxylic acids is 2. The quantitative estimate of drug-likeness (QED) is 0.361. The van der Waals surface area contributed by atoms with Gasteiger partial charge in [-0.05, 0) is 0 Å². The molecule has 7 heteroatoms. The maximum absolute atomic E-state index is 7.75. The van der Waals surface area contributed by atoms with Crippen LogP contribution in [-0.2, 0) is 29.1 Å². The summed E-state index contributed by atoms with van der Waals surface area (Å²) in [5, 5.41) is 16.1. The van der Waals surface area contributed by atoms with Gasteiger partial charge < -0.3 is 30.9 Å². The summed E-state index contributed by atoms with van der Waals surface area (Å²) in [6, 6.07) is 0. The first-order valence-corrected chi connectivity index (χ1v) is 6.52. The molecular weight excluding hydrogens is 357 g/mol. The zero-order valence-electron chi connectivity index (χ0n) is 14.1. The van der Waals surface area contributed by atoms with Gasteiger partial charge in [-0.15, -0.1) is 0 Å². The third-order valence-electron chi connectivity index (χ3n) is 2.29. The zero-order chi connectivity index (χ0) is 16.8. The van der Waals surface area contributed by atoms with E-state index in [4.69, 9.17) is 9.59 Å². The van der Waals surface area contributed by atoms with Crippen molar-refractivity contribution < 1.29 is 29.1 Å². The average molecular weight is 387 g/mol. The molecule has 0 N–H and O–H groups in total. The Morgan fingerprint density at radius 3 is 0.905 bits per heavy atom. The summed E-state index contributed by atoms with van der Waals surface area (Å²) in [7, 11) is 7.25. The van der Waals surface area contributed by atoms with Gasteiger partial charge in [-0.25, -0.2) is 12.3 Å². The van der Waals surface area contributed by atoms with E-state index in [-0.39, 0.29) is 31.8 Å². The van der Waals surface area contributed by atoms with E-state index in [2.05, 4.69) is 48.7 Å². The van der Waals surface area contributed by atoms with E-state index in [1.165, 1.54) is 12.8 Å². The van der Waals surface area contributed by atoms with Gasteiger partial charge in [0.1, 0.15) is 0 Å². The summed E-state index contributed by atoms with van der Waals surface area (Å²) in [6.07, 6.45) is 5.01. The molecule has 0 amide bonds. The van der Waals surface area contributed by atoms with Crippen LogP contribution in [0.25, 0.3) is 21.3 Å².